The molecule has 4 unspecified atom stereocenters. The SMILES string of the molecule is O=C(CN1C(C(=O)O)CC2CCCCC21)NC(c1ccccc1)c1cccs1. The molecule has 28 heavy (non-hydrogen) atoms. The number of thiophene rings is 1. The first-order valence-electron chi connectivity index (χ1n) is 9.99. The number of aliphatic carboxylic acids is 1. The number of rotatable bonds is 6. The Morgan fingerprint density at radius 2 is 1.93 bits per heavy atom. The zero-order valence-electron chi connectivity index (χ0n) is 15.8. The molecule has 0 radical (unpaired) electrons. The Balaban J connectivity index is 1.50. The van der Waals surface area contributed by atoms with Gasteiger partial charge in [0.25, 0.3) is 0 Å². The van der Waals surface area contributed by atoms with Crippen LogP contribution in [-0.4, -0.2) is 40.5 Å². The van der Waals surface area contributed by atoms with E-state index >= 15 is 0 Å². The minimum Gasteiger partial charge on any atom is -0.480 e. The third-order valence-electron chi connectivity index (χ3n) is 6.10. The Bertz CT molecular complexity index is 808. The van der Waals surface area contributed by atoms with Crippen molar-refractivity contribution in [2.24, 2.45) is 5.92 Å². The van der Waals surface area contributed by atoms with E-state index < -0.39 is 12.0 Å². The van der Waals surface area contributed by atoms with Crippen molar-refractivity contribution in [2.45, 2.75) is 50.2 Å². The normalized spacial score (nSPS) is 25.8. The summed E-state index contributed by atoms with van der Waals surface area (Å²) in [6.07, 6.45) is 5.03. The van der Waals surface area contributed by atoms with Crippen molar-refractivity contribution >= 4 is 23.2 Å². The van der Waals surface area contributed by atoms with E-state index in [-0.39, 0.29) is 24.5 Å². The van der Waals surface area contributed by atoms with Gasteiger partial charge in [0.2, 0.25) is 5.91 Å². The Morgan fingerprint density at radius 3 is 2.64 bits per heavy atom. The number of carbonyl (C=O) groups is 2. The molecular weight excluding hydrogens is 372 g/mol. The van der Waals surface area contributed by atoms with Gasteiger partial charge in [0, 0.05) is 10.9 Å². The minimum atomic E-state index is -0.805. The maximum atomic E-state index is 13.0. The van der Waals surface area contributed by atoms with Gasteiger partial charge >= 0.3 is 5.97 Å². The quantitative estimate of drug-likeness (QED) is 0.779. The van der Waals surface area contributed by atoms with Gasteiger partial charge in [0.1, 0.15) is 6.04 Å². The van der Waals surface area contributed by atoms with Crippen LogP contribution in [0.1, 0.15) is 48.6 Å². The van der Waals surface area contributed by atoms with Crippen LogP contribution in [0, 0.1) is 5.92 Å². The summed E-state index contributed by atoms with van der Waals surface area (Å²) in [5.41, 5.74) is 1.03. The van der Waals surface area contributed by atoms with Gasteiger partial charge in [-0.15, -0.1) is 11.3 Å². The highest BCUT2D eigenvalue weighted by Crippen LogP contribution is 2.39. The van der Waals surface area contributed by atoms with E-state index in [1.807, 2.05) is 52.7 Å². The molecule has 2 aliphatic rings. The highest BCUT2D eigenvalue weighted by Gasteiger charge is 2.45. The van der Waals surface area contributed by atoms with E-state index in [1.165, 1.54) is 6.42 Å². The van der Waals surface area contributed by atoms with Crippen LogP contribution in [0.3, 0.4) is 0 Å². The Kier molecular flexibility index (Phi) is 5.78. The molecule has 0 bridgehead atoms. The Hall–Kier alpha value is -2.18. The predicted octanol–water partition coefficient (Wildman–Crippen LogP) is 3.67. The lowest BCUT2D eigenvalue weighted by atomic mass is 9.85. The smallest absolute Gasteiger partial charge is 0.320 e. The standard InChI is InChI=1S/C22H26N2O3S/c25-20(14-24-17-10-5-4-9-16(17)13-18(24)22(26)27)23-21(19-11-6-12-28-19)15-7-2-1-3-8-15/h1-3,6-8,11-12,16-18,21H,4-5,9-10,13-14H2,(H,23,25)(H,26,27). The van der Waals surface area contributed by atoms with Gasteiger partial charge in [-0.25, -0.2) is 0 Å². The molecule has 2 fully saturated rings. The van der Waals surface area contributed by atoms with Gasteiger partial charge in [-0.3, -0.25) is 14.5 Å². The first-order chi connectivity index (χ1) is 13.6. The molecule has 1 aromatic heterocycles. The molecule has 1 saturated heterocycles. The summed E-state index contributed by atoms with van der Waals surface area (Å²) in [7, 11) is 0. The molecule has 6 heteroatoms. The molecule has 1 aliphatic carbocycles. The lowest BCUT2D eigenvalue weighted by molar-refractivity contribution is -0.143. The number of carboxylic acid groups (broad SMARTS) is 1. The summed E-state index contributed by atoms with van der Waals surface area (Å²) in [6, 6.07) is 13.4. The fourth-order valence-electron chi connectivity index (χ4n) is 4.82. The largest absolute Gasteiger partial charge is 0.480 e. The number of carbonyl (C=O) groups excluding carboxylic acids is 1. The maximum Gasteiger partial charge on any atom is 0.320 e. The number of nitrogens with zero attached hydrogens (tertiary/aromatic N) is 1. The highest BCUT2D eigenvalue weighted by molar-refractivity contribution is 7.10. The van der Waals surface area contributed by atoms with Crippen LogP contribution >= 0.6 is 11.3 Å². The molecule has 1 amide bonds. The van der Waals surface area contributed by atoms with Gasteiger partial charge in [0.05, 0.1) is 12.6 Å². The molecule has 5 nitrogen and oxygen atoms in total. The number of nitrogens with one attached hydrogen (secondary N) is 1. The highest BCUT2D eigenvalue weighted by atomic mass is 32.1. The average Bonchev–Trinajstić information content (AvgIpc) is 3.35. The van der Waals surface area contributed by atoms with Gasteiger partial charge in [-0.05, 0) is 42.2 Å². The molecule has 2 N–H and O–H groups in total. The lowest BCUT2D eigenvalue weighted by Crippen LogP contribution is -2.48. The summed E-state index contributed by atoms with van der Waals surface area (Å²) in [5.74, 6) is -0.510. The summed E-state index contributed by atoms with van der Waals surface area (Å²) in [5, 5.41) is 14.8. The number of hydrogen-bond donors (Lipinski definition) is 2. The van der Waals surface area contributed by atoms with Crippen LogP contribution in [0.2, 0.25) is 0 Å². The monoisotopic (exact) mass is 398 g/mol. The van der Waals surface area contributed by atoms with E-state index in [0.29, 0.717) is 12.3 Å². The third kappa shape index (κ3) is 3.98. The van der Waals surface area contributed by atoms with Gasteiger partial charge in [-0.1, -0.05) is 49.2 Å². The third-order valence-corrected chi connectivity index (χ3v) is 7.04. The summed E-state index contributed by atoms with van der Waals surface area (Å²) >= 11 is 1.61. The van der Waals surface area contributed by atoms with Crippen molar-refractivity contribution < 1.29 is 14.7 Å². The first-order valence-corrected chi connectivity index (χ1v) is 10.9. The molecule has 148 valence electrons. The van der Waals surface area contributed by atoms with Gasteiger partial charge in [0.15, 0.2) is 0 Å². The molecule has 1 aromatic carbocycles. The molecule has 2 heterocycles. The molecule has 4 rings (SSSR count). The van der Waals surface area contributed by atoms with Crippen LogP contribution in [0.25, 0.3) is 0 Å². The Morgan fingerprint density at radius 1 is 1.14 bits per heavy atom. The zero-order valence-corrected chi connectivity index (χ0v) is 16.6. The van der Waals surface area contributed by atoms with E-state index in [4.69, 9.17) is 0 Å². The molecule has 1 aliphatic heterocycles. The second-order valence-electron chi connectivity index (χ2n) is 7.80. The van der Waals surface area contributed by atoms with Crippen molar-refractivity contribution in [1.82, 2.24) is 10.2 Å². The van der Waals surface area contributed by atoms with Crippen LogP contribution in [0.5, 0.6) is 0 Å². The minimum absolute atomic E-state index is 0.111. The topological polar surface area (TPSA) is 69.6 Å². The molecule has 2 aromatic rings. The molecule has 1 saturated carbocycles. The number of likely N-dealkylation sites (tertiary alicyclic amines) is 1. The van der Waals surface area contributed by atoms with Crippen LogP contribution < -0.4 is 5.32 Å². The van der Waals surface area contributed by atoms with Crippen LogP contribution in [0.4, 0.5) is 0 Å². The van der Waals surface area contributed by atoms with Gasteiger partial charge in [-0.2, -0.15) is 0 Å². The fourth-order valence-corrected chi connectivity index (χ4v) is 5.62. The second-order valence-corrected chi connectivity index (χ2v) is 8.78. The van der Waals surface area contributed by atoms with Crippen molar-refractivity contribution in [1.29, 1.82) is 0 Å². The summed E-state index contributed by atoms with van der Waals surface area (Å²) < 4.78 is 0. The van der Waals surface area contributed by atoms with Crippen LogP contribution in [0.15, 0.2) is 47.8 Å². The van der Waals surface area contributed by atoms with Crippen molar-refractivity contribution in [3.05, 3.63) is 58.3 Å². The average molecular weight is 399 g/mol. The maximum absolute atomic E-state index is 13.0. The zero-order chi connectivity index (χ0) is 19.5. The van der Waals surface area contributed by atoms with E-state index in [2.05, 4.69) is 5.32 Å². The van der Waals surface area contributed by atoms with Crippen LogP contribution in [-0.2, 0) is 9.59 Å². The number of carboxylic acids is 1. The fraction of sp³-hybridized carbons (Fsp3) is 0.455. The number of amides is 1. The molecular formula is C22H26N2O3S. The Labute approximate surface area is 169 Å². The van der Waals surface area contributed by atoms with E-state index in [9.17, 15) is 14.7 Å². The molecule has 4 atom stereocenters. The van der Waals surface area contributed by atoms with Crippen molar-refractivity contribution in [2.75, 3.05) is 6.54 Å². The van der Waals surface area contributed by atoms with Crippen molar-refractivity contribution in [3.8, 4) is 0 Å². The predicted molar refractivity (Wildman–Crippen MR) is 109 cm³/mol. The lowest BCUT2D eigenvalue weighted by Gasteiger charge is -2.32. The summed E-state index contributed by atoms with van der Waals surface area (Å²) in [4.78, 5) is 27.8. The van der Waals surface area contributed by atoms with E-state index in [1.54, 1.807) is 11.3 Å². The van der Waals surface area contributed by atoms with Crippen molar-refractivity contribution in [3.63, 3.8) is 0 Å². The second kappa shape index (κ2) is 8.45. The number of fused-ring (bicyclic) bond motifs is 1. The number of hydrogen-bond acceptors (Lipinski definition) is 4. The molecule has 0 spiro atoms. The van der Waals surface area contributed by atoms with Gasteiger partial charge < -0.3 is 10.4 Å². The summed E-state index contributed by atoms with van der Waals surface area (Å²) in [6.45, 7) is 0.146. The first kappa shape index (κ1) is 19.2. The van der Waals surface area contributed by atoms with E-state index in [0.717, 1.165) is 29.7 Å². The number of benzene rings is 1.